The minimum atomic E-state index is -4.74. The van der Waals surface area contributed by atoms with E-state index in [1.165, 1.54) is 5.56 Å². The summed E-state index contributed by atoms with van der Waals surface area (Å²) in [5, 5.41) is 3.32. The molecule has 3 aromatic rings. The van der Waals surface area contributed by atoms with E-state index in [0.29, 0.717) is 30.4 Å². The zero-order chi connectivity index (χ0) is 32.1. The minimum absolute atomic E-state index is 0.171. The van der Waals surface area contributed by atoms with Crippen LogP contribution in [0.1, 0.15) is 56.0 Å². The number of carbonyl (C=O) groups excluding carboxylic acids is 1. The van der Waals surface area contributed by atoms with Crippen molar-refractivity contribution >= 4 is 27.5 Å². The first-order chi connectivity index (χ1) is 20.6. The van der Waals surface area contributed by atoms with E-state index in [1.54, 1.807) is 39.0 Å². The van der Waals surface area contributed by atoms with Crippen LogP contribution < -0.4 is 20.5 Å². The summed E-state index contributed by atoms with van der Waals surface area (Å²) in [5.74, 6) is 0.474. The Morgan fingerprint density at radius 2 is 1.89 bits per heavy atom. The molecule has 238 valence electrons. The van der Waals surface area contributed by atoms with Gasteiger partial charge in [-0.15, -0.1) is 0 Å². The maximum Gasteiger partial charge on any atom is 0.416 e. The van der Waals surface area contributed by atoms with Crippen LogP contribution in [-0.4, -0.2) is 44.2 Å². The molecule has 0 spiro atoms. The number of nitrogens with zero attached hydrogens (tertiary/aromatic N) is 1. The number of rotatable bonds is 11. The summed E-state index contributed by atoms with van der Waals surface area (Å²) in [7, 11) is -4.54. The largest absolute Gasteiger partial charge is 0.491 e. The van der Waals surface area contributed by atoms with E-state index in [0.717, 1.165) is 55.5 Å². The smallest absolute Gasteiger partial charge is 0.416 e. The first-order valence-electron chi connectivity index (χ1n) is 14.3. The SMILES string of the molecule is CC(C)(C)OC(=O)[C@H](Cc1ccc(OCCCc2ccc3c(n2)NCCC3)c(N)c1)NS(=O)(=O)c1cccc(C(F)(F)F)c1. The van der Waals surface area contributed by atoms with Gasteiger partial charge in [0.2, 0.25) is 10.0 Å². The first-order valence-corrected chi connectivity index (χ1v) is 15.8. The molecule has 0 radical (unpaired) electrons. The van der Waals surface area contributed by atoms with Crippen molar-refractivity contribution in [2.24, 2.45) is 0 Å². The number of aromatic nitrogens is 1. The summed E-state index contributed by atoms with van der Waals surface area (Å²) in [6.45, 7) is 6.15. The maximum atomic E-state index is 13.2. The quantitative estimate of drug-likeness (QED) is 0.147. The van der Waals surface area contributed by atoms with Gasteiger partial charge in [-0.1, -0.05) is 18.2 Å². The molecule has 4 rings (SSSR count). The number of nitrogen functional groups attached to an aromatic ring is 1. The van der Waals surface area contributed by atoms with E-state index < -0.39 is 44.3 Å². The molecular weight excluding hydrogens is 597 g/mol. The molecule has 0 saturated carbocycles. The molecule has 0 amide bonds. The standard InChI is InChI=1S/C31H37F3N4O5S/c1-30(2,3)43-29(39)26(38-44(40,41)24-10-4-8-22(19-24)31(32,33)34)18-20-11-14-27(25(35)17-20)42-16-6-9-23-13-12-21-7-5-15-36-28(21)37-23/h4,8,10-14,17,19,26,38H,5-7,9,15-16,18,35H2,1-3H3,(H,36,37)/t26-/m0/s1. The molecule has 1 atom stereocenters. The summed E-state index contributed by atoms with van der Waals surface area (Å²) in [6, 6.07) is 10.8. The lowest BCUT2D eigenvalue weighted by atomic mass is 10.1. The van der Waals surface area contributed by atoms with Crippen molar-refractivity contribution in [2.45, 2.75) is 75.6 Å². The van der Waals surface area contributed by atoms with Gasteiger partial charge in [0.05, 0.1) is 22.8 Å². The highest BCUT2D eigenvalue weighted by Gasteiger charge is 2.34. The fourth-order valence-electron chi connectivity index (χ4n) is 4.68. The van der Waals surface area contributed by atoms with E-state index in [1.807, 2.05) is 6.07 Å². The van der Waals surface area contributed by atoms with Gasteiger partial charge in [0.25, 0.3) is 0 Å². The normalized spacial score (nSPS) is 14.3. The Bertz CT molecular complexity index is 1590. The Morgan fingerprint density at radius 1 is 1.11 bits per heavy atom. The monoisotopic (exact) mass is 634 g/mol. The third kappa shape index (κ3) is 9.08. The molecule has 0 saturated heterocycles. The Labute approximate surface area is 255 Å². The molecule has 2 heterocycles. The molecule has 0 aliphatic carbocycles. The Kier molecular flexibility index (Phi) is 10.1. The molecule has 4 N–H and O–H groups in total. The van der Waals surface area contributed by atoms with Gasteiger partial charge in [0.15, 0.2) is 0 Å². The fraction of sp³-hybridized carbons (Fsp3) is 0.419. The molecular formula is C31H37F3N4O5S. The van der Waals surface area contributed by atoms with Crippen LogP contribution in [0.15, 0.2) is 59.5 Å². The number of anilines is 2. The van der Waals surface area contributed by atoms with Crippen molar-refractivity contribution in [3.8, 4) is 5.75 Å². The highest BCUT2D eigenvalue weighted by Crippen LogP contribution is 2.31. The van der Waals surface area contributed by atoms with Crippen molar-refractivity contribution in [1.82, 2.24) is 9.71 Å². The van der Waals surface area contributed by atoms with Crippen LogP contribution >= 0.6 is 0 Å². The first kappa shape index (κ1) is 33.1. The number of ether oxygens (including phenoxy) is 2. The van der Waals surface area contributed by atoms with Gasteiger partial charge < -0.3 is 20.5 Å². The lowest BCUT2D eigenvalue weighted by Gasteiger charge is -2.25. The third-order valence-corrected chi connectivity index (χ3v) is 8.23. The molecule has 9 nitrogen and oxygen atoms in total. The van der Waals surface area contributed by atoms with Gasteiger partial charge >= 0.3 is 12.1 Å². The van der Waals surface area contributed by atoms with E-state index in [9.17, 15) is 26.4 Å². The highest BCUT2D eigenvalue weighted by atomic mass is 32.2. The van der Waals surface area contributed by atoms with E-state index in [2.05, 4.69) is 21.1 Å². The van der Waals surface area contributed by atoms with Crippen molar-refractivity contribution in [1.29, 1.82) is 0 Å². The molecule has 0 unspecified atom stereocenters. The van der Waals surface area contributed by atoms with Gasteiger partial charge in [0.1, 0.15) is 23.2 Å². The van der Waals surface area contributed by atoms with Crippen molar-refractivity contribution < 1.29 is 35.9 Å². The highest BCUT2D eigenvalue weighted by molar-refractivity contribution is 7.89. The number of benzene rings is 2. The van der Waals surface area contributed by atoms with Crippen LogP contribution in [0.4, 0.5) is 24.7 Å². The minimum Gasteiger partial charge on any atom is -0.491 e. The number of fused-ring (bicyclic) bond motifs is 1. The fourth-order valence-corrected chi connectivity index (χ4v) is 5.91. The van der Waals surface area contributed by atoms with E-state index in [-0.39, 0.29) is 12.1 Å². The molecule has 2 aromatic carbocycles. The van der Waals surface area contributed by atoms with Gasteiger partial charge in [-0.3, -0.25) is 4.79 Å². The van der Waals surface area contributed by atoms with Crippen molar-refractivity contribution in [3.05, 3.63) is 77.0 Å². The summed E-state index contributed by atoms with van der Waals surface area (Å²) in [5.41, 5.74) is 7.09. The van der Waals surface area contributed by atoms with Gasteiger partial charge in [-0.25, -0.2) is 13.4 Å². The van der Waals surface area contributed by atoms with Crippen LogP contribution in [-0.2, 0) is 45.0 Å². The number of halogens is 3. The summed E-state index contributed by atoms with van der Waals surface area (Å²) in [6.07, 6.45) is -1.38. The number of aryl methyl sites for hydroxylation is 2. The van der Waals surface area contributed by atoms with Crippen LogP contribution in [0, 0.1) is 0 Å². The average molecular weight is 635 g/mol. The van der Waals surface area contributed by atoms with E-state index in [4.69, 9.17) is 15.2 Å². The summed E-state index contributed by atoms with van der Waals surface area (Å²) >= 11 is 0. The lowest BCUT2D eigenvalue weighted by molar-refractivity contribution is -0.156. The maximum absolute atomic E-state index is 13.2. The summed E-state index contributed by atoms with van der Waals surface area (Å²) in [4.78, 5) is 17.1. The number of carbonyl (C=O) groups is 1. The molecule has 1 aliphatic heterocycles. The second-order valence-corrected chi connectivity index (χ2v) is 13.3. The topological polar surface area (TPSA) is 133 Å². The van der Waals surface area contributed by atoms with Gasteiger partial charge in [-0.2, -0.15) is 17.9 Å². The zero-order valence-electron chi connectivity index (χ0n) is 24.8. The van der Waals surface area contributed by atoms with Gasteiger partial charge in [-0.05, 0) is 100 Å². The Hall–Kier alpha value is -3.84. The lowest BCUT2D eigenvalue weighted by Crippen LogP contribution is -2.45. The number of alkyl halides is 3. The summed E-state index contributed by atoms with van der Waals surface area (Å²) < 4.78 is 79.3. The molecule has 13 heteroatoms. The average Bonchev–Trinajstić information content (AvgIpc) is 2.94. The number of hydrogen-bond donors (Lipinski definition) is 3. The predicted octanol–water partition coefficient (Wildman–Crippen LogP) is 5.28. The Balaban J connectivity index is 1.42. The zero-order valence-corrected chi connectivity index (χ0v) is 25.6. The van der Waals surface area contributed by atoms with Crippen molar-refractivity contribution in [3.63, 3.8) is 0 Å². The third-order valence-electron chi connectivity index (χ3n) is 6.76. The van der Waals surface area contributed by atoms with Crippen molar-refractivity contribution in [2.75, 3.05) is 24.2 Å². The second-order valence-electron chi connectivity index (χ2n) is 11.6. The van der Waals surface area contributed by atoms with Crippen LogP contribution in [0.2, 0.25) is 0 Å². The molecule has 1 aliphatic rings. The Morgan fingerprint density at radius 3 is 2.59 bits per heavy atom. The van der Waals surface area contributed by atoms with Crippen LogP contribution in [0.25, 0.3) is 0 Å². The number of sulfonamides is 1. The number of hydrogen-bond acceptors (Lipinski definition) is 8. The van der Waals surface area contributed by atoms with E-state index >= 15 is 0 Å². The number of pyridine rings is 1. The number of esters is 1. The molecule has 1 aromatic heterocycles. The second kappa shape index (κ2) is 13.4. The predicted molar refractivity (Wildman–Crippen MR) is 161 cm³/mol. The number of nitrogens with one attached hydrogen (secondary N) is 2. The van der Waals surface area contributed by atoms with Crippen LogP contribution in [0.3, 0.4) is 0 Å². The van der Waals surface area contributed by atoms with Crippen LogP contribution in [0.5, 0.6) is 5.75 Å². The molecule has 0 fully saturated rings. The molecule has 44 heavy (non-hydrogen) atoms. The number of nitrogens with two attached hydrogens (primary N) is 1. The molecule has 0 bridgehead atoms. The van der Waals surface area contributed by atoms with Gasteiger partial charge in [0, 0.05) is 12.2 Å².